The summed E-state index contributed by atoms with van der Waals surface area (Å²) < 4.78 is 39.7. The fourth-order valence-corrected chi connectivity index (χ4v) is 3.41. The van der Waals surface area contributed by atoms with Crippen LogP contribution >= 0.6 is 0 Å². The highest BCUT2D eigenvalue weighted by Crippen LogP contribution is 2.27. The topological polar surface area (TPSA) is 0 Å². The van der Waals surface area contributed by atoms with E-state index in [1.807, 2.05) is 18.2 Å². The fraction of sp³-hybridized carbons (Fsp3) is 0.120. The summed E-state index contributed by atoms with van der Waals surface area (Å²) in [4.78, 5) is 0. The molecule has 0 saturated carbocycles. The van der Waals surface area contributed by atoms with Gasteiger partial charge in [0.05, 0.1) is 0 Å². The van der Waals surface area contributed by atoms with E-state index in [1.54, 1.807) is 0 Å². The lowest BCUT2D eigenvalue weighted by molar-refractivity contribution is 0.446. The van der Waals surface area contributed by atoms with Gasteiger partial charge in [-0.1, -0.05) is 61.6 Å². The summed E-state index contributed by atoms with van der Waals surface area (Å²) in [6, 6.07) is 18.3. The SMILES string of the molecule is CCCc1ccc2c(ccc3cc(C#Cc4cc(F)c(F)c(F)c4)ccc32)c1. The molecule has 0 aliphatic heterocycles. The Bertz CT molecular complexity index is 1240. The first-order valence-electron chi connectivity index (χ1n) is 9.17. The quantitative estimate of drug-likeness (QED) is 0.206. The third-order valence-electron chi connectivity index (χ3n) is 4.77. The standard InChI is InChI=1S/C25H17F3/c1-2-3-16-6-10-21-19(12-16)8-9-20-13-17(7-11-22(20)21)4-5-18-14-23(26)25(28)24(27)15-18/h6-15H,2-3H2,1H3. The van der Waals surface area contributed by atoms with Crippen LogP contribution in [0.4, 0.5) is 13.2 Å². The molecule has 138 valence electrons. The van der Waals surface area contributed by atoms with Crippen LogP contribution in [0, 0.1) is 29.3 Å². The van der Waals surface area contributed by atoms with E-state index in [4.69, 9.17) is 0 Å². The third kappa shape index (κ3) is 3.46. The smallest absolute Gasteiger partial charge is 0.194 e. The van der Waals surface area contributed by atoms with E-state index in [0.29, 0.717) is 0 Å². The molecule has 0 radical (unpaired) electrons. The molecule has 0 N–H and O–H groups in total. The van der Waals surface area contributed by atoms with Crippen molar-refractivity contribution in [3.8, 4) is 11.8 Å². The van der Waals surface area contributed by atoms with Crippen LogP contribution in [0.15, 0.2) is 60.7 Å². The average Bonchev–Trinajstić information content (AvgIpc) is 2.70. The van der Waals surface area contributed by atoms with Gasteiger partial charge in [-0.05, 0) is 57.8 Å². The number of aryl methyl sites for hydroxylation is 1. The maximum absolute atomic E-state index is 13.3. The van der Waals surface area contributed by atoms with E-state index in [0.717, 1.165) is 41.3 Å². The zero-order valence-corrected chi connectivity index (χ0v) is 15.3. The Kier molecular flexibility index (Phi) is 4.79. The van der Waals surface area contributed by atoms with Gasteiger partial charge in [0.1, 0.15) is 0 Å². The molecule has 0 aliphatic carbocycles. The minimum Gasteiger partial charge on any atom is -0.204 e. The molecule has 0 amide bonds. The number of hydrogen-bond acceptors (Lipinski definition) is 0. The van der Waals surface area contributed by atoms with Crippen LogP contribution in [0.2, 0.25) is 0 Å². The molecule has 0 aliphatic rings. The Balaban J connectivity index is 1.73. The monoisotopic (exact) mass is 374 g/mol. The lowest BCUT2D eigenvalue weighted by atomic mass is 9.97. The van der Waals surface area contributed by atoms with Crippen LogP contribution in [0.25, 0.3) is 21.5 Å². The van der Waals surface area contributed by atoms with Gasteiger partial charge in [-0.15, -0.1) is 0 Å². The van der Waals surface area contributed by atoms with E-state index < -0.39 is 17.5 Å². The van der Waals surface area contributed by atoms with Gasteiger partial charge >= 0.3 is 0 Å². The van der Waals surface area contributed by atoms with Gasteiger partial charge < -0.3 is 0 Å². The minimum absolute atomic E-state index is 0.0958. The molecule has 0 aromatic heterocycles. The maximum Gasteiger partial charge on any atom is 0.194 e. The zero-order chi connectivity index (χ0) is 19.7. The Morgan fingerprint density at radius 1 is 0.679 bits per heavy atom. The Morgan fingerprint density at radius 3 is 1.96 bits per heavy atom. The second kappa shape index (κ2) is 7.40. The van der Waals surface area contributed by atoms with Crippen molar-refractivity contribution in [3.63, 3.8) is 0 Å². The predicted molar refractivity (Wildman–Crippen MR) is 108 cm³/mol. The lowest BCUT2D eigenvalue weighted by Gasteiger charge is -2.07. The molecule has 4 rings (SSSR count). The van der Waals surface area contributed by atoms with Gasteiger partial charge in [0.15, 0.2) is 17.5 Å². The molecule has 0 saturated heterocycles. The summed E-state index contributed by atoms with van der Waals surface area (Å²) in [6.07, 6.45) is 2.18. The minimum atomic E-state index is -1.48. The number of rotatable bonds is 2. The van der Waals surface area contributed by atoms with Crippen molar-refractivity contribution in [2.24, 2.45) is 0 Å². The first kappa shape index (κ1) is 18.1. The predicted octanol–water partition coefficient (Wildman–Crippen LogP) is 6.76. The van der Waals surface area contributed by atoms with Crippen LogP contribution in [0.5, 0.6) is 0 Å². The summed E-state index contributed by atoms with van der Waals surface area (Å²) >= 11 is 0. The first-order chi connectivity index (χ1) is 13.5. The lowest BCUT2D eigenvalue weighted by Crippen LogP contribution is -1.91. The van der Waals surface area contributed by atoms with E-state index in [9.17, 15) is 13.2 Å². The van der Waals surface area contributed by atoms with E-state index in [1.165, 1.54) is 16.3 Å². The molecule has 28 heavy (non-hydrogen) atoms. The summed E-state index contributed by atoms with van der Waals surface area (Å²) in [5.74, 6) is 1.63. The van der Waals surface area contributed by atoms with Crippen molar-refractivity contribution in [2.75, 3.05) is 0 Å². The van der Waals surface area contributed by atoms with Crippen molar-refractivity contribution < 1.29 is 13.2 Å². The van der Waals surface area contributed by atoms with Crippen LogP contribution in [0.3, 0.4) is 0 Å². The fourth-order valence-electron chi connectivity index (χ4n) is 3.41. The number of benzene rings is 4. The average molecular weight is 374 g/mol. The zero-order valence-electron chi connectivity index (χ0n) is 15.3. The van der Waals surface area contributed by atoms with E-state index in [2.05, 4.69) is 49.1 Å². The number of hydrogen-bond donors (Lipinski definition) is 0. The molecule has 4 aromatic rings. The van der Waals surface area contributed by atoms with Crippen LogP contribution in [-0.2, 0) is 6.42 Å². The van der Waals surface area contributed by atoms with Gasteiger partial charge in [0.25, 0.3) is 0 Å². The van der Waals surface area contributed by atoms with Gasteiger partial charge in [0.2, 0.25) is 0 Å². The highest BCUT2D eigenvalue weighted by Gasteiger charge is 2.09. The summed E-state index contributed by atoms with van der Waals surface area (Å²) in [7, 11) is 0. The van der Waals surface area contributed by atoms with Crippen LogP contribution in [0.1, 0.15) is 30.0 Å². The van der Waals surface area contributed by atoms with Crippen molar-refractivity contribution in [1.29, 1.82) is 0 Å². The van der Waals surface area contributed by atoms with Crippen molar-refractivity contribution >= 4 is 21.5 Å². The Morgan fingerprint density at radius 2 is 1.29 bits per heavy atom. The Labute approximate surface area is 161 Å². The number of fused-ring (bicyclic) bond motifs is 3. The van der Waals surface area contributed by atoms with Crippen molar-refractivity contribution in [2.45, 2.75) is 19.8 Å². The second-order valence-electron chi connectivity index (χ2n) is 6.81. The van der Waals surface area contributed by atoms with E-state index in [-0.39, 0.29) is 5.56 Å². The van der Waals surface area contributed by atoms with E-state index >= 15 is 0 Å². The van der Waals surface area contributed by atoms with Crippen molar-refractivity contribution in [3.05, 3.63) is 94.8 Å². The summed E-state index contributed by atoms with van der Waals surface area (Å²) in [5.41, 5.74) is 2.15. The van der Waals surface area contributed by atoms with Gasteiger partial charge in [-0.25, -0.2) is 13.2 Å². The normalized spacial score (nSPS) is 10.9. The molecule has 0 spiro atoms. The molecular formula is C25H17F3. The molecule has 0 nitrogen and oxygen atoms in total. The summed E-state index contributed by atoms with van der Waals surface area (Å²) in [5, 5.41) is 4.55. The van der Waals surface area contributed by atoms with Gasteiger partial charge in [0, 0.05) is 11.1 Å². The largest absolute Gasteiger partial charge is 0.204 e. The van der Waals surface area contributed by atoms with Gasteiger partial charge in [-0.2, -0.15) is 0 Å². The maximum atomic E-state index is 13.3. The van der Waals surface area contributed by atoms with Crippen LogP contribution < -0.4 is 0 Å². The molecule has 0 fully saturated rings. The molecule has 3 heteroatoms. The molecule has 0 heterocycles. The molecule has 0 unspecified atom stereocenters. The third-order valence-corrected chi connectivity index (χ3v) is 4.77. The number of halogens is 3. The van der Waals surface area contributed by atoms with Crippen molar-refractivity contribution in [1.82, 2.24) is 0 Å². The molecule has 4 aromatic carbocycles. The molecule has 0 bridgehead atoms. The van der Waals surface area contributed by atoms with Gasteiger partial charge in [-0.3, -0.25) is 0 Å². The highest BCUT2D eigenvalue weighted by molar-refractivity contribution is 6.07. The summed E-state index contributed by atoms with van der Waals surface area (Å²) in [6.45, 7) is 2.17. The van der Waals surface area contributed by atoms with Crippen LogP contribution in [-0.4, -0.2) is 0 Å². The molecular weight excluding hydrogens is 357 g/mol. The highest BCUT2D eigenvalue weighted by atomic mass is 19.2. The first-order valence-corrected chi connectivity index (χ1v) is 9.17. The second-order valence-corrected chi connectivity index (χ2v) is 6.81. The molecule has 0 atom stereocenters. The Hall–Kier alpha value is -3.25.